The maximum Gasteiger partial charge on any atom is 0.468 e. The molecule has 0 aliphatic rings. The summed E-state index contributed by atoms with van der Waals surface area (Å²) in [5, 5.41) is 2.54. The highest BCUT2D eigenvalue weighted by Crippen LogP contribution is 2.31. The number of methoxy groups -OCH3 is 1. The molecule has 0 aliphatic carbocycles. The number of ether oxygens (including phenoxy) is 1. The summed E-state index contributed by atoms with van der Waals surface area (Å²) in [7, 11) is 1.44. The third-order valence-electron chi connectivity index (χ3n) is 2.92. The van der Waals surface area contributed by atoms with Crippen molar-refractivity contribution in [2.75, 3.05) is 19.0 Å². The van der Waals surface area contributed by atoms with Crippen molar-refractivity contribution in [2.45, 2.75) is 18.7 Å². The third kappa shape index (κ3) is 4.81. The summed E-state index contributed by atoms with van der Waals surface area (Å²) in [4.78, 5) is 15.1. The molecule has 0 saturated heterocycles. The van der Waals surface area contributed by atoms with E-state index in [4.69, 9.17) is 10.5 Å². The van der Waals surface area contributed by atoms with Crippen LogP contribution in [0.2, 0.25) is 0 Å². The molecular weight excluding hydrogens is 339 g/mol. The zero-order chi connectivity index (χ0) is 16.3. The molecule has 3 N–H and O–H groups in total. The largest absolute Gasteiger partial charge is 0.468 e. The molecule has 1 unspecified atom stereocenters. The van der Waals surface area contributed by atoms with E-state index >= 15 is 0 Å². The number of fused-ring (bicyclic) bond motifs is 1. The van der Waals surface area contributed by atoms with Crippen LogP contribution in [0.1, 0.15) is 12.3 Å². The van der Waals surface area contributed by atoms with Crippen LogP contribution < -0.4 is 11.1 Å². The van der Waals surface area contributed by atoms with Crippen LogP contribution in [0.5, 0.6) is 0 Å². The number of rotatable bonds is 5. The molecule has 1 aromatic heterocycles. The summed E-state index contributed by atoms with van der Waals surface area (Å²) < 4.78 is 47.1. The maximum atomic E-state index is 12.5. The van der Waals surface area contributed by atoms with Crippen molar-refractivity contribution in [1.82, 2.24) is 4.98 Å². The number of anilines is 1. The number of hydrogen-bond acceptors (Lipinski definition) is 5. The molecule has 2 rings (SSSR count). The lowest BCUT2D eigenvalue weighted by Gasteiger charge is -2.12. The Hall–Kier alpha value is -1.84. The zero-order valence-corrected chi connectivity index (χ0v) is 12.8. The summed E-state index contributed by atoms with van der Waals surface area (Å²) in [5.41, 5.74) is 5.72. The standard InChI is InChI=1S/C13H14F3N3O3.ClH/c1-21-8(6-17)5-11(20)18-7-2-3-10-9(4-7)19-12(22-10)13(14,15)16;/h2-4,8H,5-6,17H2,1H3,(H,18,20);1H. The Labute approximate surface area is 135 Å². The number of oxazole rings is 1. The van der Waals surface area contributed by atoms with Gasteiger partial charge in [0.2, 0.25) is 5.91 Å². The van der Waals surface area contributed by atoms with Gasteiger partial charge in [-0.15, -0.1) is 12.4 Å². The van der Waals surface area contributed by atoms with Gasteiger partial charge in [0, 0.05) is 19.3 Å². The van der Waals surface area contributed by atoms with Crippen LogP contribution in [0.25, 0.3) is 11.1 Å². The lowest BCUT2D eigenvalue weighted by molar-refractivity contribution is -0.156. The van der Waals surface area contributed by atoms with E-state index in [-0.39, 0.29) is 42.4 Å². The molecule has 0 spiro atoms. The van der Waals surface area contributed by atoms with E-state index in [0.717, 1.165) is 0 Å². The molecule has 0 fully saturated rings. The number of nitrogens with two attached hydrogens (primary N) is 1. The second-order valence-corrected chi connectivity index (χ2v) is 4.54. The van der Waals surface area contributed by atoms with Crippen molar-refractivity contribution >= 4 is 35.1 Å². The van der Waals surface area contributed by atoms with Crippen LogP contribution in [-0.2, 0) is 15.7 Å². The summed E-state index contributed by atoms with van der Waals surface area (Å²) in [6, 6.07) is 4.04. The van der Waals surface area contributed by atoms with Gasteiger partial charge in [-0.3, -0.25) is 4.79 Å². The minimum atomic E-state index is -4.66. The van der Waals surface area contributed by atoms with Crippen LogP contribution in [0, 0.1) is 0 Å². The molecule has 1 atom stereocenters. The van der Waals surface area contributed by atoms with Crippen molar-refractivity contribution in [3.63, 3.8) is 0 Å². The minimum absolute atomic E-state index is 0. The van der Waals surface area contributed by atoms with Gasteiger partial charge in [-0.25, -0.2) is 4.98 Å². The van der Waals surface area contributed by atoms with Crippen LogP contribution in [0.3, 0.4) is 0 Å². The molecule has 0 bridgehead atoms. The number of halogens is 4. The van der Waals surface area contributed by atoms with Crippen LogP contribution in [0.15, 0.2) is 22.6 Å². The van der Waals surface area contributed by atoms with Gasteiger partial charge in [-0.05, 0) is 18.2 Å². The van der Waals surface area contributed by atoms with E-state index in [2.05, 4.69) is 14.7 Å². The Kier molecular flexibility index (Phi) is 6.37. The van der Waals surface area contributed by atoms with E-state index in [9.17, 15) is 18.0 Å². The first-order valence-electron chi connectivity index (χ1n) is 6.34. The average molecular weight is 354 g/mol. The van der Waals surface area contributed by atoms with Gasteiger partial charge in [0.1, 0.15) is 5.52 Å². The Balaban J connectivity index is 0.00000264. The van der Waals surface area contributed by atoms with E-state index < -0.39 is 18.2 Å². The van der Waals surface area contributed by atoms with Crippen LogP contribution in [-0.4, -0.2) is 30.6 Å². The molecule has 1 heterocycles. The minimum Gasteiger partial charge on any atom is -0.433 e. The van der Waals surface area contributed by atoms with E-state index in [1.54, 1.807) is 0 Å². The molecule has 6 nitrogen and oxygen atoms in total. The molecule has 0 aliphatic heterocycles. The Morgan fingerprint density at radius 3 is 2.74 bits per heavy atom. The molecule has 128 valence electrons. The number of hydrogen-bond donors (Lipinski definition) is 2. The molecule has 0 saturated carbocycles. The highest BCUT2D eigenvalue weighted by Gasteiger charge is 2.37. The van der Waals surface area contributed by atoms with Crippen molar-refractivity contribution < 1.29 is 27.1 Å². The zero-order valence-electron chi connectivity index (χ0n) is 12.0. The number of aromatic nitrogens is 1. The second kappa shape index (κ2) is 7.62. The van der Waals surface area contributed by atoms with E-state index in [1.807, 2.05) is 0 Å². The maximum absolute atomic E-state index is 12.5. The molecule has 1 aromatic carbocycles. The van der Waals surface area contributed by atoms with Crippen LogP contribution in [0.4, 0.5) is 18.9 Å². The molecule has 2 aromatic rings. The Morgan fingerprint density at radius 1 is 1.48 bits per heavy atom. The van der Waals surface area contributed by atoms with Crippen molar-refractivity contribution in [2.24, 2.45) is 5.73 Å². The molecule has 10 heteroatoms. The van der Waals surface area contributed by atoms with Gasteiger partial charge in [0.15, 0.2) is 5.58 Å². The topological polar surface area (TPSA) is 90.4 Å². The van der Waals surface area contributed by atoms with Gasteiger partial charge in [0.05, 0.1) is 12.5 Å². The van der Waals surface area contributed by atoms with Crippen molar-refractivity contribution in [3.05, 3.63) is 24.1 Å². The lowest BCUT2D eigenvalue weighted by Crippen LogP contribution is -2.28. The first-order valence-corrected chi connectivity index (χ1v) is 6.34. The number of carbonyl (C=O) groups is 1. The molecule has 0 radical (unpaired) electrons. The fraction of sp³-hybridized carbons (Fsp3) is 0.385. The second-order valence-electron chi connectivity index (χ2n) is 4.54. The number of carbonyl (C=O) groups excluding carboxylic acids is 1. The third-order valence-corrected chi connectivity index (χ3v) is 2.92. The number of amides is 1. The fourth-order valence-electron chi connectivity index (χ4n) is 1.81. The highest BCUT2D eigenvalue weighted by atomic mass is 35.5. The van der Waals surface area contributed by atoms with Crippen molar-refractivity contribution in [1.29, 1.82) is 0 Å². The molecule has 23 heavy (non-hydrogen) atoms. The Morgan fingerprint density at radius 2 is 2.17 bits per heavy atom. The lowest BCUT2D eigenvalue weighted by atomic mass is 10.2. The predicted molar refractivity (Wildman–Crippen MR) is 79.4 cm³/mol. The number of benzene rings is 1. The smallest absolute Gasteiger partial charge is 0.433 e. The summed E-state index contributed by atoms with van der Waals surface area (Å²) in [6.45, 7) is 0.182. The van der Waals surface area contributed by atoms with Gasteiger partial charge in [0.25, 0.3) is 0 Å². The average Bonchev–Trinajstić information content (AvgIpc) is 2.88. The quantitative estimate of drug-likeness (QED) is 0.862. The van der Waals surface area contributed by atoms with Gasteiger partial charge in [-0.2, -0.15) is 13.2 Å². The van der Waals surface area contributed by atoms with E-state index in [0.29, 0.717) is 5.69 Å². The summed E-state index contributed by atoms with van der Waals surface area (Å²) in [5.74, 6) is -1.69. The normalized spacial score (nSPS) is 12.7. The SMILES string of the molecule is COC(CN)CC(=O)Nc1ccc2oc(C(F)(F)F)nc2c1.Cl. The Bertz CT molecular complexity index is 671. The van der Waals surface area contributed by atoms with Gasteiger partial charge >= 0.3 is 12.1 Å². The fourth-order valence-corrected chi connectivity index (χ4v) is 1.81. The first-order chi connectivity index (χ1) is 10.3. The molecular formula is C13H15ClF3N3O3. The monoisotopic (exact) mass is 353 g/mol. The van der Waals surface area contributed by atoms with E-state index in [1.165, 1.54) is 25.3 Å². The summed E-state index contributed by atoms with van der Waals surface area (Å²) >= 11 is 0. The summed E-state index contributed by atoms with van der Waals surface area (Å²) in [6.07, 6.45) is -5.04. The van der Waals surface area contributed by atoms with Gasteiger partial charge < -0.3 is 20.2 Å². The first kappa shape index (κ1) is 19.2. The van der Waals surface area contributed by atoms with Gasteiger partial charge in [-0.1, -0.05) is 0 Å². The molecule has 1 amide bonds. The number of nitrogens with zero attached hydrogens (tertiary/aromatic N) is 1. The number of alkyl halides is 3. The van der Waals surface area contributed by atoms with Crippen LogP contribution >= 0.6 is 12.4 Å². The predicted octanol–water partition coefficient (Wildman–Crippen LogP) is 2.57. The van der Waals surface area contributed by atoms with Crippen molar-refractivity contribution in [3.8, 4) is 0 Å². The highest BCUT2D eigenvalue weighted by molar-refractivity contribution is 5.93. The number of nitrogens with one attached hydrogen (secondary N) is 1.